The van der Waals surface area contributed by atoms with Gasteiger partial charge in [-0.3, -0.25) is 4.40 Å². The maximum absolute atomic E-state index is 8.90. The molecule has 0 aliphatic carbocycles. The van der Waals surface area contributed by atoms with E-state index in [1.807, 2.05) is 10.6 Å². The van der Waals surface area contributed by atoms with Crippen LogP contribution in [0.15, 0.2) is 36.5 Å². The standard InChI is InChI=1S/C16H14N4/c1-11-3-4-12(2)14(7-11)9-16-19-18-15-8-13(10-17)5-6-20(15)16/h3-8H,9H2,1-2H3. The van der Waals surface area contributed by atoms with E-state index in [1.54, 1.807) is 12.1 Å². The van der Waals surface area contributed by atoms with E-state index in [2.05, 4.69) is 48.3 Å². The molecule has 0 bridgehead atoms. The first kappa shape index (κ1) is 12.4. The molecule has 0 saturated heterocycles. The first-order valence-corrected chi connectivity index (χ1v) is 6.47. The number of benzene rings is 1. The predicted molar refractivity (Wildman–Crippen MR) is 76.4 cm³/mol. The molecule has 0 fully saturated rings. The molecular weight excluding hydrogens is 248 g/mol. The van der Waals surface area contributed by atoms with Crippen LogP contribution in [0.3, 0.4) is 0 Å². The van der Waals surface area contributed by atoms with Crippen molar-refractivity contribution in [3.8, 4) is 6.07 Å². The summed E-state index contributed by atoms with van der Waals surface area (Å²) in [5, 5.41) is 17.3. The van der Waals surface area contributed by atoms with Gasteiger partial charge in [0.1, 0.15) is 5.82 Å². The Morgan fingerprint density at radius 2 is 2.00 bits per heavy atom. The van der Waals surface area contributed by atoms with Crippen LogP contribution in [0.25, 0.3) is 5.65 Å². The summed E-state index contributed by atoms with van der Waals surface area (Å²) >= 11 is 0. The fourth-order valence-corrected chi connectivity index (χ4v) is 2.29. The Morgan fingerprint density at radius 1 is 1.15 bits per heavy atom. The second kappa shape index (κ2) is 4.78. The lowest BCUT2D eigenvalue weighted by molar-refractivity contribution is 0.927. The van der Waals surface area contributed by atoms with Crippen LogP contribution < -0.4 is 0 Å². The van der Waals surface area contributed by atoms with Gasteiger partial charge >= 0.3 is 0 Å². The number of aryl methyl sites for hydroxylation is 2. The van der Waals surface area contributed by atoms with E-state index in [9.17, 15) is 0 Å². The number of hydrogen-bond donors (Lipinski definition) is 0. The van der Waals surface area contributed by atoms with Crippen molar-refractivity contribution in [1.29, 1.82) is 5.26 Å². The molecule has 0 saturated carbocycles. The second-order valence-electron chi connectivity index (χ2n) is 4.98. The number of hydrogen-bond acceptors (Lipinski definition) is 3. The van der Waals surface area contributed by atoms with Gasteiger partial charge in [0.25, 0.3) is 0 Å². The van der Waals surface area contributed by atoms with Crippen LogP contribution >= 0.6 is 0 Å². The quantitative estimate of drug-likeness (QED) is 0.713. The minimum absolute atomic E-state index is 0.600. The number of pyridine rings is 1. The monoisotopic (exact) mass is 262 g/mol. The smallest absolute Gasteiger partial charge is 0.162 e. The minimum Gasteiger partial charge on any atom is -0.286 e. The Bertz CT molecular complexity index is 824. The normalized spacial score (nSPS) is 10.7. The van der Waals surface area contributed by atoms with Gasteiger partial charge in [-0.25, -0.2) is 0 Å². The number of aromatic nitrogens is 3. The second-order valence-corrected chi connectivity index (χ2v) is 4.98. The fraction of sp³-hybridized carbons (Fsp3) is 0.188. The number of nitriles is 1. The van der Waals surface area contributed by atoms with Crippen molar-refractivity contribution in [3.63, 3.8) is 0 Å². The molecular formula is C16H14N4. The van der Waals surface area contributed by atoms with E-state index in [0.717, 1.165) is 12.2 Å². The van der Waals surface area contributed by atoms with Gasteiger partial charge in [-0.05, 0) is 31.0 Å². The maximum atomic E-state index is 8.90. The maximum Gasteiger partial charge on any atom is 0.162 e. The van der Waals surface area contributed by atoms with Gasteiger partial charge in [-0.2, -0.15) is 5.26 Å². The Balaban J connectivity index is 2.03. The highest BCUT2D eigenvalue weighted by Crippen LogP contribution is 2.16. The van der Waals surface area contributed by atoms with Crippen LogP contribution in [0.1, 0.15) is 28.1 Å². The van der Waals surface area contributed by atoms with Crippen LogP contribution in [0.2, 0.25) is 0 Å². The average molecular weight is 262 g/mol. The summed E-state index contributed by atoms with van der Waals surface area (Å²) in [5.41, 5.74) is 5.06. The highest BCUT2D eigenvalue weighted by atomic mass is 15.2. The Hall–Kier alpha value is -2.67. The van der Waals surface area contributed by atoms with E-state index in [0.29, 0.717) is 11.2 Å². The SMILES string of the molecule is Cc1ccc(C)c(Cc2nnc3cc(C#N)ccn23)c1. The van der Waals surface area contributed by atoms with E-state index >= 15 is 0 Å². The average Bonchev–Trinajstić information content (AvgIpc) is 2.85. The van der Waals surface area contributed by atoms with Crippen molar-refractivity contribution in [1.82, 2.24) is 14.6 Å². The topological polar surface area (TPSA) is 54.0 Å². The molecule has 2 heterocycles. The lowest BCUT2D eigenvalue weighted by atomic mass is 10.0. The first-order chi connectivity index (χ1) is 9.67. The first-order valence-electron chi connectivity index (χ1n) is 6.47. The van der Waals surface area contributed by atoms with Crippen molar-refractivity contribution in [2.75, 3.05) is 0 Å². The summed E-state index contributed by atoms with van der Waals surface area (Å²) in [5.74, 6) is 0.887. The number of rotatable bonds is 2. The molecule has 3 rings (SSSR count). The molecule has 1 aromatic carbocycles. The molecule has 0 spiro atoms. The summed E-state index contributed by atoms with van der Waals surface area (Å²) in [4.78, 5) is 0. The lowest BCUT2D eigenvalue weighted by Gasteiger charge is -2.06. The number of nitrogens with zero attached hydrogens (tertiary/aromatic N) is 4. The van der Waals surface area contributed by atoms with Gasteiger partial charge in [0, 0.05) is 18.7 Å². The van der Waals surface area contributed by atoms with Crippen LogP contribution in [0.4, 0.5) is 0 Å². The van der Waals surface area contributed by atoms with Gasteiger partial charge in [0.05, 0.1) is 11.6 Å². The molecule has 0 aliphatic rings. The molecule has 4 heteroatoms. The molecule has 0 N–H and O–H groups in total. The third-order valence-electron chi connectivity index (χ3n) is 3.46. The van der Waals surface area contributed by atoms with Gasteiger partial charge in [-0.1, -0.05) is 23.8 Å². The van der Waals surface area contributed by atoms with Crippen molar-refractivity contribution >= 4 is 5.65 Å². The summed E-state index contributed by atoms with van der Waals surface area (Å²) in [6, 6.07) is 12.1. The number of fused-ring (bicyclic) bond motifs is 1. The predicted octanol–water partition coefficient (Wildman–Crippen LogP) is 2.81. The molecule has 2 aromatic heterocycles. The van der Waals surface area contributed by atoms with Crippen LogP contribution in [0.5, 0.6) is 0 Å². The zero-order valence-electron chi connectivity index (χ0n) is 11.5. The van der Waals surface area contributed by atoms with Crippen LogP contribution in [0, 0.1) is 25.2 Å². The zero-order valence-corrected chi connectivity index (χ0v) is 11.5. The Kier molecular flexibility index (Phi) is 2.96. The van der Waals surface area contributed by atoms with Crippen LogP contribution in [-0.4, -0.2) is 14.6 Å². The Morgan fingerprint density at radius 3 is 2.80 bits per heavy atom. The highest BCUT2D eigenvalue weighted by Gasteiger charge is 2.08. The zero-order chi connectivity index (χ0) is 14.1. The van der Waals surface area contributed by atoms with E-state index < -0.39 is 0 Å². The third-order valence-corrected chi connectivity index (χ3v) is 3.46. The van der Waals surface area contributed by atoms with Gasteiger partial charge in [0.15, 0.2) is 5.65 Å². The third kappa shape index (κ3) is 2.14. The molecule has 3 aromatic rings. The molecule has 20 heavy (non-hydrogen) atoms. The molecule has 0 amide bonds. The molecule has 4 nitrogen and oxygen atoms in total. The van der Waals surface area contributed by atoms with E-state index in [1.165, 1.54) is 16.7 Å². The minimum atomic E-state index is 0.600. The van der Waals surface area contributed by atoms with E-state index in [-0.39, 0.29) is 0 Å². The summed E-state index contributed by atoms with van der Waals surface area (Å²) in [6.45, 7) is 4.19. The fourth-order valence-electron chi connectivity index (χ4n) is 2.29. The summed E-state index contributed by atoms with van der Waals surface area (Å²) in [6.07, 6.45) is 2.59. The summed E-state index contributed by atoms with van der Waals surface area (Å²) in [7, 11) is 0. The largest absolute Gasteiger partial charge is 0.286 e. The molecule has 0 aliphatic heterocycles. The van der Waals surface area contributed by atoms with Crippen molar-refractivity contribution in [2.45, 2.75) is 20.3 Å². The van der Waals surface area contributed by atoms with Crippen molar-refractivity contribution in [3.05, 3.63) is 64.6 Å². The van der Waals surface area contributed by atoms with Gasteiger partial charge < -0.3 is 0 Å². The molecule has 0 unspecified atom stereocenters. The van der Waals surface area contributed by atoms with Crippen LogP contribution in [-0.2, 0) is 6.42 Å². The van der Waals surface area contributed by atoms with Crippen molar-refractivity contribution < 1.29 is 0 Å². The van der Waals surface area contributed by atoms with E-state index in [4.69, 9.17) is 5.26 Å². The molecule has 98 valence electrons. The van der Waals surface area contributed by atoms with Crippen molar-refractivity contribution in [2.24, 2.45) is 0 Å². The molecule has 0 radical (unpaired) electrons. The summed E-state index contributed by atoms with van der Waals surface area (Å²) < 4.78 is 1.93. The molecule has 0 atom stereocenters. The van der Waals surface area contributed by atoms with Gasteiger partial charge in [-0.15, -0.1) is 10.2 Å². The lowest BCUT2D eigenvalue weighted by Crippen LogP contribution is -1.99. The van der Waals surface area contributed by atoms with Gasteiger partial charge in [0.2, 0.25) is 0 Å². The Labute approximate surface area is 117 Å². The highest BCUT2D eigenvalue weighted by molar-refractivity contribution is 5.46.